The van der Waals surface area contributed by atoms with Gasteiger partial charge in [0.1, 0.15) is 0 Å². The van der Waals surface area contributed by atoms with Crippen LogP contribution in [0.1, 0.15) is 19.8 Å². The molecule has 66 valence electrons. The lowest BCUT2D eigenvalue weighted by atomic mass is 10.1. The monoisotopic (exact) mass is 228 g/mol. The first-order valence-electron chi connectivity index (χ1n) is 3.87. The van der Waals surface area contributed by atoms with Crippen molar-refractivity contribution in [2.45, 2.75) is 31.5 Å². The van der Waals surface area contributed by atoms with Crippen molar-refractivity contribution in [3.63, 3.8) is 0 Å². The van der Waals surface area contributed by atoms with Crippen LogP contribution >= 0.6 is 33.1 Å². The summed E-state index contributed by atoms with van der Waals surface area (Å²) in [4.78, 5) is 0. The number of hydrogen-bond acceptors (Lipinski definition) is 1. The van der Waals surface area contributed by atoms with E-state index in [-0.39, 0.29) is 7.30 Å². The van der Waals surface area contributed by atoms with E-state index < -0.39 is 0 Å². The largest absolute Gasteiger partial charge is 0.378 e. The second-order valence-electron chi connectivity index (χ2n) is 2.82. The Morgan fingerprint density at radius 1 is 1.64 bits per heavy atom. The van der Waals surface area contributed by atoms with Crippen molar-refractivity contribution in [2.24, 2.45) is 0 Å². The zero-order chi connectivity index (χ0) is 8.27. The summed E-state index contributed by atoms with van der Waals surface area (Å²) in [6.45, 7) is 3.19. The van der Waals surface area contributed by atoms with Gasteiger partial charge in [0.25, 0.3) is 0 Å². The van der Waals surface area contributed by atoms with Gasteiger partial charge in [-0.1, -0.05) is 15.3 Å². The Kier molecular flexibility index (Phi) is 5.30. The minimum Gasteiger partial charge on any atom is -0.378 e. The zero-order valence-corrected chi connectivity index (χ0v) is 11.0. The summed E-state index contributed by atoms with van der Waals surface area (Å²) >= 11 is 0. The fraction of sp³-hybridized carbons (Fsp3) is 1.00. The Bertz CT molecular complexity index is 117. The summed E-state index contributed by atoms with van der Waals surface area (Å²) < 4.78 is 5.61. The van der Waals surface area contributed by atoms with E-state index >= 15 is 0 Å². The molecule has 1 heterocycles. The average Bonchev–Trinajstić information content (AvgIpc) is 2.04. The first kappa shape index (κ1) is 10.8. The Morgan fingerprint density at radius 3 is 2.91 bits per heavy atom. The fourth-order valence-electron chi connectivity index (χ4n) is 1.37. The molecule has 0 bridgehead atoms. The quantitative estimate of drug-likeness (QED) is 0.659. The van der Waals surface area contributed by atoms with Crippen LogP contribution in [0.4, 0.5) is 0 Å². The van der Waals surface area contributed by atoms with E-state index in [1.165, 1.54) is 12.8 Å². The van der Waals surface area contributed by atoms with Gasteiger partial charge in [-0.05, 0) is 19.8 Å². The van der Waals surface area contributed by atoms with Crippen molar-refractivity contribution in [2.75, 3.05) is 6.61 Å². The topological polar surface area (TPSA) is 9.23 Å². The standard InChI is InChI=1S/C6H16OP4/c1-5-6(11(9)10-8)3-2-4-7-5/h5-6,10H,2-4,8-9H2,1H3/t5-,6-,11?/m1/s1. The summed E-state index contributed by atoms with van der Waals surface area (Å²) in [5, 5.41) is 0. The summed E-state index contributed by atoms with van der Waals surface area (Å²) in [5.74, 6) is 0. The number of ether oxygens (including phenoxy) is 1. The van der Waals surface area contributed by atoms with Crippen molar-refractivity contribution in [1.82, 2.24) is 0 Å². The van der Waals surface area contributed by atoms with Gasteiger partial charge in [0.2, 0.25) is 0 Å². The molecular formula is C6H16OP4. The molecular weight excluding hydrogens is 212 g/mol. The van der Waals surface area contributed by atoms with Crippen molar-refractivity contribution < 1.29 is 4.74 Å². The molecule has 0 aromatic heterocycles. The van der Waals surface area contributed by atoms with Gasteiger partial charge in [0.15, 0.2) is 0 Å². The van der Waals surface area contributed by atoms with Crippen LogP contribution in [0.3, 0.4) is 0 Å². The second kappa shape index (κ2) is 5.42. The van der Waals surface area contributed by atoms with Crippen molar-refractivity contribution in [3.05, 3.63) is 0 Å². The Balaban J connectivity index is 2.40. The highest BCUT2D eigenvalue weighted by molar-refractivity contribution is 8.61. The van der Waals surface area contributed by atoms with Crippen LogP contribution in [0, 0.1) is 0 Å². The van der Waals surface area contributed by atoms with Crippen LogP contribution < -0.4 is 0 Å². The van der Waals surface area contributed by atoms with Crippen LogP contribution in [0.15, 0.2) is 0 Å². The van der Waals surface area contributed by atoms with Crippen molar-refractivity contribution in [3.8, 4) is 0 Å². The predicted molar refractivity (Wildman–Crippen MR) is 63.1 cm³/mol. The summed E-state index contributed by atoms with van der Waals surface area (Å²) in [6, 6.07) is 0. The molecule has 6 atom stereocenters. The van der Waals surface area contributed by atoms with Crippen LogP contribution in [0.5, 0.6) is 0 Å². The van der Waals surface area contributed by atoms with Gasteiger partial charge in [0.05, 0.1) is 6.10 Å². The van der Waals surface area contributed by atoms with E-state index in [2.05, 4.69) is 24.8 Å². The molecule has 0 aromatic carbocycles. The normalized spacial score (nSPS) is 36.3. The van der Waals surface area contributed by atoms with E-state index in [0.717, 1.165) is 20.2 Å². The summed E-state index contributed by atoms with van der Waals surface area (Å²) in [7, 11) is 7.02. The molecule has 1 aliphatic rings. The third kappa shape index (κ3) is 3.14. The molecule has 0 radical (unpaired) electrons. The van der Waals surface area contributed by atoms with Gasteiger partial charge in [-0.15, -0.1) is 17.9 Å². The molecule has 11 heavy (non-hydrogen) atoms. The molecule has 5 heteroatoms. The lowest BCUT2D eigenvalue weighted by molar-refractivity contribution is 0.0329. The molecule has 1 saturated heterocycles. The highest BCUT2D eigenvalue weighted by Gasteiger charge is 2.25. The Labute approximate surface area is 76.4 Å². The molecule has 4 unspecified atom stereocenters. The molecule has 0 saturated carbocycles. The maximum absolute atomic E-state index is 5.61. The number of rotatable bonds is 2. The number of hydrogen-bond donors (Lipinski definition) is 0. The van der Waals surface area contributed by atoms with Gasteiger partial charge in [-0.2, -0.15) is 0 Å². The van der Waals surface area contributed by atoms with E-state index in [4.69, 9.17) is 4.74 Å². The van der Waals surface area contributed by atoms with Gasteiger partial charge in [0, 0.05) is 12.3 Å². The molecule has 0 aliphatic carbocycles. The minimum absolute atomic E-state index is 0.147. The smallest absolute Gasteiger partial charge is 0.0620 e. The van der Waals surface area contributed by atoms with E-state index in [1.54, 1.807) is 0 Å². The summed E-state index contributed by atoms with van der Waals surface area (Å²) in [5.41, 5.74) is 0.833. The molecule has 0 amide bonds. The molecule has 0 spiro atoms. The SMILES string of the molecule is C[C@H]1OCCC[C@H]1P(P)PP. The van der Waals surface area contributed by atoms with Crippen molar-refractivity contribution >= 4 is 33.1 Å². The van der Waals surface area contributed by atoms with E-state index in [1.807, 2.05) is 0 Å². The Hall–Kier alpha value is 1.68. The minimum atomic E-state index is 0.147. The molecule has 1 aliphatic heterocycles. The van der Waals surface area contributed by atoms with E-state index in [0.29, 0.717) is 6.10 Å². The van der Waals surface area contributed by atoms with Gasteiger partial charge in [-0.25, -0.2) is 0 Å². The lowest BCUT2D eigenvalue weighted by Gasteiger charge is -2.32. The molecule has 1 rings (SSSR count). The third-order valence-electron chi connectivity index (χ3n) is 2.07. The summed E-state index contributed by atoms with van der Waals surface area (Å²) in [6.07, 6.45) is 3.13. The zero-order valence-electron chi connectivity index (χ0n) is 6.79. The van der Waals surface area contributed by atoms with Crippen LogP contribution in [-0.4, -0.2) is 18.4 Å². The highest BCUT2D eigenvalue weighted by atomic mass is 32.6. The Morgan fingerprint density at radius 2 is 2.36 bits per heavy atom. The van der Waals surface area contributed by atoms with Crippen LogP contribution in [0.2, 0.25) is 0 Å². The second-order valence-corrected chi connectivity index (χ2v) is 12.4. The molecule has 1 fully saturated rings. The van der Waals surface area contributed by atoms with Crippen molar-refractivity contribution in [1.29, 1.82) is 0 Å². The van der Waals surface area contributed by atoms with Crippen LogP contribution in [0.25, 0.3) is 0 Å². The highest BCUT2D eigenvalue weighted by Crippen LogP contribution is 2.70. The third-order valence-corrected chi connectivity index (χ3v) is 13.5. The molecule has 1 nitrogen and oxygen atoms in total. The van der Waals surface area contributed by atoms with E-state index in [9.17, 15) is 0 Å². The van der Waals surface area contributed by atoms with Gasteiger partial charge in [-0.3, -0.25) is 0 Å². The first-order valence-corrected chi connectivity index (χ1v) is 10.6. The maximum Gasteiger partial charge on any atom is 0.0620 e. The first-order chi connectivity index (χ1) is 5.25. The lowest BCUT2D eigenvalue weighted by Crippen LogP contribution is -2.28. The maximum atomic E-state index is 5.61. The van der Waals surface area contributed by atoms with Crippen LogP contribution in [-0.2, 0) is 4.74 Å². The molecule has 0 aromatic rings. The average molecular weight is 228 g/mol. The van der Waals surface area contributed by atoms with Gasteiger partial charge < -0.3 is 4.74 Å². The predicted octanol–water partition coefficient (Wildman–Crippen LogP) is 3.21. The molecule has 0 N–H and O–H groups in total. The fourth-order valence-corrected chi connectivity index (χ4v) is 7.05. The van der Waals surface area contributed by atoms with Gasteiger partial charge >= 0.3 is 0 Å².